The Morgan fingerprint density at radius 2 is 2.09 bits per heavy atom. The van der Waals surface area contributed by atoms with Crippen molar-refractivity contribution in [3.05, 3.63) is 34.7 Å². The van der Waals surface area contributed by atoms with Crippen molar-refractivity contribution in [1.82, 2.24) is 24.5 Å². The van der Waals surface area contributed by atoms with E-state index in [0.29, 0.717) is 17.2 Å². The van der Waals surface area contributed by atoms with Crippen molar-refractivity contribution < 1.29 is 8.42 Å². The van der Waals surface area contributed by atoms with Gasteiger partial charge >= 0.3 is 0 Å². The smallest absolute Gasteiger partial charge is 0.244 e. The third-order valence-corrected chi connectivity index (χ3v) is 5.65. The number of aromatic nitrogens is 4. The molecule has 22 heavy (non-hydrogen) atoms. The molecule has 1 N–H and O–H groups in total. The second-order valence-corrected chi connectivity index (χ2v) is 7.26. The highest BCUT2D eigenvalue weighted by Gasteiger charge is 2.24. The van der Waals surface area contributed by atoms with E-state index in [1.54, 1.807) is 31.8 Å². The zero-order valence-corrected chi connectivity index (χ0v) is 13.7. The quantitative estimate of drug-likeness (QED) is 0.899. The highest BCUT2D eigenvalue weighted by Crippen LogP contribution is 2.20. The van der Waals surface area contributed by atoms with Gasteiger partial charge in [-0.2, -0.15) is 5.10 Å². The molecule has 0 aliphatic heterocycles. The van der Waals surface area contributed by atoms with Gasteiger partial charge in [-0.25, -0.2) is 23.1 Å². The summed E-state index contributed by atoms with van der Waals surface area (Å²) in [7, 11) is -1.90. The van der Waals surface area contributed by atoms with Gasteiger partial charge in [0, 0.05) is 18.9 Å². The Balaban J connectivity index is 1.80. The minimum atomic E-state index is -3.63. The molecule has 2 heterocycles. The molecule has 8 heteroatoms. The van der Waals surface area contributed by atoms with Crippen LogP contribution in [0.2, 0.25) is 0 Å². The average Bonchev–Trinajstić information content (AvgIpc) is 3.01. The fourth-order valence-electron chi connectivity index (χ4n) is 2.81. The summed E-state index contributed by atoms with van der Waals surface area (Å²) in [4.78, 5) is 8.91. The van der Waals surface area contributed by atoms with Crippen molar-refractivity contribution in [1.29, 1.82) is 0 Å². The summed E-state index contributed by atoms with van der Waals surface area (Å²) in [5, 5.41) is 4.15. The third kappa shape index (κ3) is 2.64. The van der Waals surface area contributed by atoms with Gasteiger partial charge in [-0.3, -0.25) is 4.68 Å². The van der Waals surface area contributed by atoms with Crippen LogP contribution in [-0.4, -0.2) is 28.2 Å². The molecule has 0 fully saturated rings. The van der Waals surface area contributed by atoms with E-state index in [2.05, 4.69) is 19.8 Å². The molecule has 7 nitrogen and oxygen atoms in total. The molecular formula is C14H19N5O2S. The standard InChI is InChI=1S/C14H19N5O2S/c1-9-14(10(2)19(3)18-9)22(20,21)16-8-13-15-7-11-5-4-6-12(11)17-13/h7,16H,4-6,8H2,1-3H3. The molecule has 0 atom stereocenters. The molecule has 3 rings (SSSR count). The second kappa shape index (κ2) is 5.44. The summed E-state index contributed by atoms with van der Waals surface area (Å²) in [6, 6.07) is 0. The van der Waals surface area contributed by atoms with Crippen LogP contribution in [0.5, 0.6) is 0 Å². The first-order valence-electron chi connectivity index (χ1n) is 7.22. The van der Waals surface area contributed by atoms with Crippen molar-refractivity contribution in [3.63, 3.8) is 0 Å². The fourth-order valence-corrected chi connectivity index (χ4v) is 4.23. The number of nitrogens with one attached hydrogen (secondary N) is 1. The number of fused-ring (bicyclic) bond motifs is 1. The normalized spacial score (nSPS) is 14.3. The van der Waals surface area contributed by atoms with Crippen molar-refractivity contribution in [2.45, 2.75) is 44.6 Å². The van der Waals surface area contributed by atoms with Gasteiger partial charge in [0.2, 0.25) is 10.0 Å². The van der Waals surface area contributed by atoms with E-state index in [9.17, 15) is 8.42 Å². The molecule has 0 aromatic carbocycles. The monoisotopic (exact) mass is 321 g/mol. The van der Waals surface area contributed by atoms with E-state index >= 15 is 0 Å². The Morgan fingerprint density at radius 1 is 1.32 bits per heavy atom. The Bertz CT molecular complexity index is 826. The SMILES string of the molecule is Cc1nn(C)c(C)c1S(=O)(=O)NCc1ncc2c(n1)CCC2. The summed E-state index contributed by atoms with van der Waals surface area (Å²) in [6.45, 7) is 3.51. The number of nitrogens with zero attached hydrogens (tertiary/aromatic N) is 4. The fraction of sp³-hybridized carbons (Fsp3) is 0.500. The molecule has 0 bridgehead atoms. The lowest BCUT2D eigenvalue weighted by atomic mass is 10.3. The second-order valence-electron chi connectivity index (χ2n) is 5.56. The zero-order valence-electron chi connectivity index (χ0n) is 12.9. The van der Waals surface area contributed by atoms with Gasteiger partial charge in [-0.05, 0) is 38.7 Å². The summed E-state index contributed by atoms with van der Waals surface area (Å²) in [6.07, 6.45) is 4.85. The number of aryl methyl sites for hydroxylation is 4. The maximum atomic E-state index is 12.5. The first kappa shape index (κ1) is 15.1. The van der Waals surface area contributed by atoms with E-state index in [0.717, 1.165) is 25.0 Å². The molecule has 0 saturated carbocycles. The predicted octanol–water partition coefficient (Wildman–Crippen LogP) is 0.794. The Hall–Kier alpha value is -1.80. The van der Waals surface area contributed by atoms with Gasteiger partial charge in [-0.15, -0.1) is 0 Å². The third-order valence-electron chi connectivity index (χ3n) is 4.00. The van der Waals surface area contributed by atoms with Crippen molar-refractivity contribution in [2.24, 2.45) is 7.05 Å². The minimum absolute atomic E-state index is 0.0867. The molecule has 0 saturated heterocycles. The van der Waals surface area contributed by atoms with Crippen LogP contribution in [0.3, 0.4) is 0 Å². The zero-order chi connectivity index (χ0) is 15.9. The van der Waals surface area contributed by atoms with Crippen LogP contribution in [0.25, 0.3) is 0 Å². The van der Waals surface area contributed by atoms with E-state index < -0.39 is 10.0 Å². The van der Waals surface area contributed by atoms with E-state index in [1.807, 2.05) is 0 Å². The maximum Gasteiger partial charge on any atom is 0.244 e. The van der Waals surface area contributed by atoms with E-state index in [-0.39, 0.29) is 11.4 Å². The number of rotatable bonds is 4. The molecule has 0 amide bonds. The average molecular weight is 321 g/mol. The van der Waals surface area contributed by atoms with Crippen LogP contribution in [0.15, 0.2) is 11.1 Å². The van der Waals surface area contributed by atoms with E-state index in [1.165, 1.54) is 5.56 Å². The largest absolute Gasteiger partial charge is 0.271 e. The van der Waals surface area contributed by atoms with Crippen LogP contribution in [0, 0.1) is 13.8 Å². The van der Waals surface area contributed by atoms with Crippen LogP contribution in [-0.2, 0) is 36.5 Å². The lowest BCUT2D eigenvalue weighted by molar-refractivity contribution is 0.577. The lowest BCUT2D eigenvalue weighted by Crippen LogP contribution is -2.25. The first-order chi connectivity index (χ1) is 10.4. The van der Waals surface area contributed by atoms with Crippen molar-refractivity contribution in [2.75, 3.05) is 0 Å². The molecule has 0 unspecified atom stereocenters. The summed E-state index contributed by atoms with van der Waals surface area (Å²) in [5.74, 6) is 0.503. The number of hydrogen-bond acceptors (Lipinski definition) is 5. The van der Waals surface area contributed by atoms with Crippen molar-refractivity contribution >= 4 is 10.0 Å². The van der Waals surface area contributed by atoms with Gasteiger partial charge < -0.3 is 0 Å². The minimum Gasteiger partial charge on any atom is -0.271 e. The molecule has 0 radical (unpaired) electrons. The van der Waals surface area contributed by atoms with Gasteiger partial charge in [0.25, 0.3) is 0 Å². The van der Waals surface area contributed by atoms with Crippen molar-refractivity contribution in [3.8, 4) is 0 Å². The molecule has 118 valence electrons. The topological polar surface area (TPSA) is 89.8 Å². The Kier molecular flexibility index (Phi) is 3.73. The number of hydrogen-bond donors (Lipinski definition) is 1. The first-order valence-corrected chi connectivity index (χ1v) is 8.70. The molecule has 2 aromatic rings. The Labute approximate surface area is 129 Å². The highest BCUT2D eigenvalue weighted by atomic mass is 32.2. The summed E-state index contributed by atoms with van der Waals surface area (Å²) in [5.41, 5.74) is 3.31. The predicted molar refractivity (Wildman–Crippen MR) is 80.8 cm³/mol. The van der Waals surface area contributed by atoms with Gasteiger partial charge in [0.1, 0.15) is 10.7 Å². The maximum absolute atomic E-state index is 12.5. The summed E-state index contributed by atoms with van der Waals surface area (Å²) >= 11 is 0. The van der Waals surface area contributed by atoms with Gasteiger partial charge in [0.05, 0.1) is 17.9 Å². The van der Waals surface area contributed by atoms with Crippen LogP contribution >= 0.6 is 0 Å². The summed E-state index contributed by atoms with van der Waals surface area (Å²) < 4.78 is 29.1. The molecule has 0 spiro atoms. The van der Waals surface area contributed by atoms with E-state index in [4.69, 9.17) is 0 Å². The van der Waals surface area contributed by atoms with Gasteiger partial charge in [-0.1, -0.05) is 0 Å². The van der Waals surface area contributed by atoms with Crippen LogP contribution < -0.4 is 4.72 Å². The van der Waals surface area contributed by atoms with Gasteiger partial charge in [0.15, 0.2) is 0 Å². The number of sulfonamides is 1. The highest BCUT2D eigenvalue weighted by molar-refractivity contribution is 7.89. The molecular weight excluding hydrogens is 302 g/mol. The molecule has 1 aliphatic rings. The Morgan fingerprint density at radius 3 is 2.77 bits per heavy atom. The van der Waals surface area contributed by atoms with Crippen LogP contribution in [0.1, 0.15) is 34.9 Å². The molecule has 1 aliphatic carbocycles. The molecule has 2 aromatic heterocycles. The lowest BCUT2D eigenvalue weighted by Gasteiger charge is -2.07. The van der Waals surface area contributed by atoms with Crippen LogP contribution in [0.4, 0.5) is 0 Å².